The fourth-order valence-electron chi connectivity index (χ4n) is 3.19. The van der Waals surface area contributed by atoms with Crippen LogP contribution in [0.1, 0.15) is 25.7 Å². The van der Waals surface area contributed by atoms with Crippen molar-refractivity contribution in [1.82, 2.24) is 4.57 Å². The fourth-order valence-corrected chi connectivity index (χ4v) is 3.62. The van der Waals surface area contributed by atoms with Crippen LogP contribution in [-0.2, 0) is 15.6 Å². The number of aromatic nitrogens is 1. The van der Waals surface area contributed by atoms with Gasteiger partial charge in [-0.2, -0.15) is 5.26 Å². The van der Waals surface area contributed by atoms with Gasteiger partial charge in [0, 0.05) is 28.4 Å². The van der Waals surface area contributed by atoms with E-state index < -0.39 is 7.60 Å². The van der Waals surface area contributed by atoms with Gasteiger partial charge in [-0.3, -0.25) is 4.52 Å². The van der Waals surface area contributed by atoms with E-state index in [0.717, 1.165) is 25.8 Å². The maximum absolute atomic E-state index is 11.0. The number of nitrogens with zero attached hydrogens (tertiary/aromatic N) is 2. The molecular formula is C19H21N2O3P. The smallest absolute Gasteiger partial charge is 0.340 e. The molecule has 130 valence electrons. The Labute approximate surface area is 147 Å². The van der Waals surface area contributed by atoms with Crippen molar-refractivity contribution in [1.29, 1.82) is 5.26 Å². The molecule has 5 nitrogen and oxygen atoms in total. The minimum atomic E-state index is -4.02. The topological polar surface area (TPSA) is 75.2 Å². The SMILES string of the molecule is N#CP(=O)(O)OCCCCCCn1c2ccccc2c2ccccc21. The van der Waals surface area contributed by atoms with Crippen LogP contribution in [0, 0.1) is 11.1 Å². The van der Waals surface area contributed by atoms with Crippen LogP contribution < -0.4 is 0 Å². The van der Waals surface area contributed by atoms with E-state index in [1.165, 1.54) is 27.6 Å². The fraction of sp³-hybridized carbons (Fsp3) is 0.316. The molecular weight excluding hydrogens is 335 g/mol. The average Bonchev–Trinajstić information content (AvgIpc) is 2.95. The molecule has 1 atom stereocenters. The van der Waals surface area contributed by atoms with Crippen molar-refractivity contribution in [3.8, 4) is 5.81 Å². The van der Waals surface area contributed by atoms with E-state index in [4.69, 9.17) is 14.7 Å². The standard InChI is InChI=1S/C19H21N2O3P/c20-15-25(22,23)24-14-8-2-1-7-13-21-18-11-5-3-9-16(18)17-10-4-6-12-19(17)21/h3-6,9-12H,1-2,7-8,13-14H2,(H,22,23). The van der Waals surface area contributed by atoms with Crippen LogP contribution in [0.3, 0.4) is 0 Å². The first-order valence-electron chi connectivity index (χ1n) is 8.47. The van der Waals surface area contributed by atoms with Gasteiger partial charge in [0.25, 0.3) is 0 Å². The first kappa shape index (κ1) is 17.7. The predicted octanol–water partition coefficient (Wildman–Crippen LogP) is 5.04. The molecule has 1 unspecified atom stereocenters. The van der Waals surface area contributed by atoms with E-state index in [9.17, 15) is 4.57 Å². The van der Waals surface area contributed by atoms with E-state index in [0.29, 0.717) is 6.42 Å². The lowest BCUT2D eigenvalue weighted by atomic mass is 10.2. The molecule has 0 bridgehead atoms. The summed E-state index contributed by atoms with van der Waals surface area (Å²) in [5.74, 6) is 1.28. The summed E-state index contributed by atoms with van der Waals surface area (Å²) in [6, 6.07) is 16.9. The summed E-state index contributed by atoms with van der Waals surface area (Å²) in [6.07, 6.45) is 3.62. The molecule has 0 aliphatic rings. The number of aryl methyl sites for hydroxylation is 1. The molecule has 3 aromatic rings. The number of hydrogen-bond acceptors (Lipinski definition) is 3. The van der Waals surface area contributed by atoms with Gasteiger partial charge < -0.3 is 9.46 Å². The lowest BCUT2D eigenvalue weighted by Crippen LogP contribution is -1.98. The Balaban J connectivity index is 1.57. The number of nitriles is 1. The highest BCUT2D eigenvalue weighted by Crippen LogP contribution is 2.39. The van der Waals surface area contributed by atoms with Gasteiger partial charge in [-0.25, -0.2) is 4.57 Å². The summed E-state index contributed by atoms with van der Waals surface area (Å²) in [5, 5.41) is 11.0. The molecule has 0 radical (unpaired) electrons. The van der Waals surface area contributed by atoms with Crippen molar-refractivity contribution >= 4 is 29.4 Å². The van der Waals surface area contributed by atoms with Gasteiger partial charge in [-0.1, -0.05) is 49.2 Å². The molecule has 1 N–H and O–H groups in total. The van der Waals surface area contributed by atoms with Crippen LogP contribution in [0.2, 0.25) is 0 Å². The predicted molar refractivity (Wildman–Crippen MR) is 99.3 cm³/mol. The average molecular weight is 356 g/mol. The Kier molecular flexibility index (Phi) is 5.55. The van der Waals surface area contributed by atoms with Crippen molar-refractivity contribution in [3.05, 3.63) is 48.5 Å². The first-order valence-corrected chi connectivity index (χ1v) is 10.0. The minimum Gasteiger partial charge on any atom is -0.340 e. The van der Waals surface area contributed by atoms with Crippen molar-refractivity contribution in [2.45, 2.75) is 32.2 Å². The number of unbranched alkanes of at least 4 members (excludes halogenated alkanes) is 3. The van der Waals surface area contributed by atoms with E-state index >= 15 is 0 Å². The summed E-state index contributed by atoms with van der Waals surface area (Å²) in [5.41, 5.74) is 2.50. The van der Waals surface area contributed by atoms with Gasteiger partial charge in [-0.15, -0.1) is 0 Å². The van der Waals surface area contributed by atoms with Crippen molar-refractivity contribution in [3.63, 3.8) is 0 Å². The molecule has 0 amide bonds. The third kappa shape index (κ3) is 4.11. The summed E-state index contributed by atoms with van der Waals surface area (Å²) < 4.78 is 18.1. The lowest BCUT2D eigenvalue weighted by Gasteiger charge is -2.08. The van der Waals surface area contributed by atoms with Crippen molar-refractivity contribution < 1.29 is 14.0 Å². The first-order chi connectivity index (χ1) is 12.1. The molecule has 6 heteroatoms. The molecule has 1 heterocycles. The van der Waals surface area contributed by atoms with Crippen LogP contribution in [0.15, 0.2) is 48.5 Å². The molecule has 25 heavy (non-hydrogen) atoms. The second-order valence-electron chi connectivity index (χ2n) is 6.05. The third-order valence-electron chi connectivity index (χ3n) is 4.35. The Morgan fingerprint density at radius 3 is 2.12 bits per heavy atom. The van der Waals surface area contributed by atoms with Crippen molar-refractivity contribution in [2.75, 3.05) is 6.61 Å². The van der Waals surface area contributed by atoms with Crippen LogP contribution in [-0.4, -0.2) is 16.1 Å². The van der Waals surface area contributed by atoms with Gasteiger partial charge in [-0.05, 0) is 25.0 Å². The number of rotatable bonds is 8. The highest BCUT2D eigenvalue weighted by molar-refractivity contribution is 7.58. The number of fused-ring (bicyclic) bond motifs is 3. The number of para-hydroxylation sites is 2. The summed E-state index contributed by atoms with van der Waals surface area (Å²) in [7, 11) is -4.02. The quantitative estimate of drug-likeness (QED) is 0.453. The summed E-state index contributed by atoms with van der Waals surface area (Å²) >= 11 is 0. The van der Waals surface area contributed by atoms with Crippen LogP contribution in [0.4, 0.5) is 0 Å². The van der Waals surface area contributed by atoms with Gasteiger partial charge in [0.05, 0.1) is 6.61 Å². The zero-order valence-electron chi connectivity index (χ0n) is 14.0. The zero-order valence-corrected chi connectivity index (χ0v) is 14.9. The van der Waals surface area contributed by atoms with Gasteiger partial charge in [0.15, 0.2) is 5.81 Å². The zero-order chi connectivity index (χ0) is 17.7. The highest BCUT2D eigenvalue weighted by atomic mass is 31.2. The van der Waals surface area contributed by atoms with Crippen LogP contribution in [0.5, 0.6) is 0 Å². The van der Waals surface area contributed by atoms with Gasteiger partial charge in [0.2, 0.25) is 0 Å². The maximum atomic E-state index is 11.0. The Bertz CT molecular complexity index is 905. The summed E-state index contributed by atoms with van der Waals surface area (Å²) in [4.78, 5) is 9.02. The second-order valence-corrected chi connectivity index (χ2v) is 7.55. The van der Waals surface area contributed by atoms with Gasteiger partial charge in [0.1, 0.15) is 0 Å². The largest absolute Gasteiger partial charge is 0.428 e. The molecule has 0 fully saturated rings. The molecule has 0 spiro atoms. The van der Waals surface area contributed by atoms with E-state index in [1.807, 2.05) is 0 Å². The molecule has 0 aliphatic carbocycles. The lowest BCUT2D eigenvalue weighted by molar-refractivity contribution is 0.262. The second kappa shape index (κ2) is 7.84. The molecule has 0 saturated heterocycles. The Hall–Kier alpha value is -2.12. The molecule has 2 aromatic carbocycles. The highest BCUT2D eigenvalue weighted by Gasteiger charge is 2.16. The molecule has 1 aromatic heterocycles. The van der Waals surface area contributed by atoms with Crippen LogP contribution >= 0.6 is 7.60 Å². The van der Waals surface area contributed by atoms with E-state index in [1.54, 1.807) is 0 Å². The van der Waals surface area contributed by atoms with E-state index in [2.05, 4.69) is 53.1 Å². The third-order valence-corrected chi connectivity index (χ3v) is 5.13. The minimum absolute atomic E-state index is 0.150. The Morgan fingerprint density at radius 1 is 0.960 bits per heavy atom. The monoisotopic (exact) mass is 356 g/mol. The maximum Gasteiger partial charge on any atom is 0.428 e. The molecule has 3 rings (SSSR count). The Morgan fingerprint density at radius 2 is 1.52 bits per heavy atom. The number of hydrogen-bond donors (Lipinski definition) is 1. The van der Waals surface area contributed by atoms with Crippen LogP contribution in [0.25, 0.3) is 21.8 Å². The summed E-state index contributed by atoms with van der Waals surface area (Å²) in [6.45, 7) is 1.09. The van der Waals surface area contributed by atoms with Gasteiger partial charge >= 0.3 is 7.60 Å². The molecule has 0 aliphatic heterocycles. The van der Waals surface area contributed by atoms with Crippen molar-refractivity contribution in [2.24, 2.45) is 0 Å². The normalized spacial score (nSPS) is 13.8. The number of benzene rings is 2. The van der Waals surface area contributed by atoms with E-state index in [-0.39, 0.29) is 6.61 Å². The molecule has 0 saturated carbocycles.